The molecule has 4 heteroatoms. The van der Waals surface area contributed by atoms with Crippen molar-refractivity contribution in [1.82, 2.24) is 0 Å². The van der Waals surface area contributed by atoms with Crippen LogP contribution in [0.1, 0.15) is 94.9 Å². The van der Waals surface area contributed by atoms with E-state index >= 15 is 0 Å². The summed E-state index contributed by atoms with van der Waals surface area (Å²) in [5, 5.41) is 21.2. The van der Waals surface area contributed by atoms with Crippen LogP contribution in [0.25, 0.3) is 0 Å². The summed E-state index contributed by atoms with van der Waals surface area (Å²) in [5.41, 5.74) is 2.00. The van der Waals surface area contributed by atoms with Gasteiger partial charge in [-0.3, -0.25) is 4.79 Å². The Morgan fingerprint density at radius 3 is 1.61 bits per heavy atom. The summed E-state index contributed by atoms with van der Waals surface area (Å²) in [6, 6.07) is 0. The van der Waals surface area contributed by atoms with Gasteiger partial charge in [0.2, 0.25) is 0 Å². The Bertz CT molecular complexity index is 1330. The maximum absolute atomic E-state index is 12.9. The molecule has 4 nitrogen and oxygen atoms in total. The Morgan fingerprint density at radius 2 is 1.14 bits per heavy atom. The SMILES string of the molecule is CC(C=CC(=O)C1(C)CC(O)CC1(C)C)=CC=CC(C)=C/C=C/C=C(C)/C=C/C=C(C)/C=C/C12OC(CC1(C)C)CC2(C)O. The molecule has 0 aromatic heterocycles. The third-order valence-electron chi connectivity index (χ3n) is 10.3. The summed E-state index contributed by atoms with van der Waals surface area (Å²) >= 11 is 0. The predicted octanol–water partition coefficient (Wildman–Crippen LogP) is 9.02. The van der Waals surface area contributed by atoms with Gasteiger partial charge in [-0.1, -0.05) is 130 Å². The van der Waals surface area contributed by atoms with Crippen molar-refractivity contribution < 1.29 is 19.7 Å². The van der Waals surface area contributed by atoms with Gasteiger partial charge in [0.1, 0.15) is 5.60 Å². The standard InChI is InChI=1S/C40H56O4/c1-29(17-13-19-31(3)21-22-35(42)38(9)26-33(41)25-36(38,5)6)15-11-12-16-30(2)18-14-20-32(4)23-24-40-37(7,8)27-34(44-40)28-39(40,10)43/h11-24,33-34,41,43H,25-28H2,1-10H3/b12-11+,17-13?,18-14+,22-21?,24-23+,29-15?,30-16+,31-19?,32-20+. The molecule has 2 aliphatic heterocycles. The quantitative estimate of drug-likeness (QED) is 0.183. The molecule has 0 spiro atoms. The minimum Gasteiger partial charge on any atom is -0.393 e. The molecule has 240 valence electrons. The first-order valence-corrected chi connectivity index (χ1v) is 16.1. The Morgan fingerprint density at radius 1 is 0.636 bits per heavy atom. The third kappa shape index (κ3) is 7.88. The number of fused-ring (bicyclic) bond motifs is 2. The molecular formula is C40H56O4. The average molecular weight is 601 g/mol. The van der Waals surface area contributed by atoms with E-state index in [2.05, 4.69) is 84.9 Å². The van der Waals surface area contributed by atoms with Gasteiger partial charge >= 0.3 is 0 Å². The van der Waals surface area contributed by atoms with Crippen molar-refractivity contribution in [2.24, 2.45) is 16.2 Å². The Kier molecular flexibility index (Phi) is 11.1. The van der Waals surface area contributed by atoms with Crippen LogP contribution in [0.15, 0.2) is 107 Å². The molecule has 2 N–H and O–H groups in total. The van der Waals surface area contributed by atoms with E-state index in [9.17, 15) is 15.0 Å². The topological polar surface area (TPSA) is 66.8 Å². The van der Waals surface area contributed by atoms with E-state index in [-0.39, 0.29) is 22.7 Å². The van der Waals surface area contributed by atoms with E-state index in [0.717, 1.165) is 28.7 Å². The van der Waals surface area contributed by atoms with Crippen LogP contribution in [0.5, 0.6) is 0 Å². The normalized spacial score (nSPS) is 34.7. The van der Waals surface area contributed by atoms with Gasteiger partial charge in [-0.15, -0.1) is 0 Å². The van der Waals surface area contributed by atoms with Crippen LogP contribution in [0.4, 0.5) is 0 Å². The largest absolute Gasteiger partial charge is 0.393 e. The summed E-state index contributed by atoms with van der Waals surface area (Å²) in [5.74, 6) is 0.0818. The van der Waals surface area contributed by atoms with Gasteiger partial charge < -0.3 is 14.9 Å². The number of hydrogen-bond donors (Lipinski definition) is 2. The molecule has 0 radical (unpaired) electrons. The second-order valence-electron chi connectivity index (χ2n) is 15.1. The van der Waals surface area contributed by atoms with Gasteiger partial charge in [-0.05, 0) is 71.4 Å². The van der Waals surface area contributed by atoms with Gasteiger partial charge in [0.25, 0.3) is 0 Å². The number of allylic oxidation sites excluding steroid dienone is 17. The molecule has 2 heterocycles. The molecule has 2 bridgehead atoms. The minimum absolute atomic E-state index is 0.0818. The van der Waals surface area contributed by atoms with E-state index < -0.39 is 22.7 Å². The van der Waals surface area contributed by atoms with Crippen molar-refractivity contribution in [1.29, 1.82) is 0 Å². The molecule has 3 aliphatic rings. The molecular weight excluding hydrogens is 544 g/mol. The molecule has 0 aromatic rings. The van der Waals surface area contributed by atoms with Crippen molar-refractivity contribution in [2.45, 2.75) is 118 Å². The molecule has 44 heavy (non-hydrogen) atoms. The average Bonchev–Trinajstić information content (AvgIpc) is 3.41. The highest BCUT2D eigenvalue weighted by Gasteiger charge is 2.67. The number of ketones is 1. The van der Waals surface area contributed by atoms with Gasteiger partial charge in [0, 0.05) is 17.3 Å². The van der Waals surface area contributed by atoms with Crippen LogP contribution >= 0.6 is 0 Å². The lowest BCUT2D eigenvalue weighted by Crippen LogP contribution is -2.56. The molecule has 2 saturated heterocycles. The monoisotopic (exact) mass is 600 g/mol. The maximum Gasteiger partial charge on any atom is 0.162 e. The lowest BCUT2D eigenvalue weighted by molar-refractivity contribution is -0.127. The molecule has 0 aromatic carbocycles. The number of carbonyl (C=O) groups is 1. The Labute approximate surface area is 267 Å². The van der Waals surface area contributed by atoms with Gasteiger partial charge in [-0.2, -0.15) is 0 Å². The number of aliphatic hydroxyl groups is 2. The van der Waals surface area contributed by atoms with Crippen molar-refractivity contribution in [3.8, 4) is 0 Å². The Hall–Kier alpha value is -2.79. The minimum atomic E-state index is -0.855. The molecule has 3 rings (SSSR count). The van der Waals surface area contributed by atoms with Crippen LogP contribution in [0, 0.1) is 16.2 Å². The van der Waals surface area contributed by atoms with E-state index in [1.54, 1.807) is 6.08 Å². The zero-order chi connectivity index (χ0) is 33.0. The first-order chi connectivity index (χ1) is 20.3. The maximum atomic E-state index is 12.9. The fraction of sp³-hybridized carbons (Fsp3) is 0.525. The smallest absolute Gasteiger partial charge is 0.162 e. The molecule has 5 atom stereocenters. The van der Waals surface area contributed by atoms with Crippen LogP contribution in [0.2, 0.25) is 0 Å². The van der Waals surface area contributed by atoms with Crippen molar-refractivity contribution in [2.75, 3.05) is 0 Å². The highest BCUT2D eigenvalue weighted by molar-refractivity contribution is 5.95. The zero-order valence-electron chi connectivity index (χ0n) is 28.8. The number of carbonyl (C=O) groups excluding carboxylic acids is 1. The van der Waals surface area contributed by atoms with Gasteiger partial charge in [0.15, 0.2) is 5.78 Å². The van der Waals surface area contributed by atoms with E-state index in [4.69, 9.17) is 4.74 Å². The molecule has 1 aliphatic carbocycles. The highest BCUT2D eigenvalue weighted by Crippen LogP contribution is 2.60. The Balaban J connectivity index is 1.50. The first-order valence-electron chi connectivity index (χ1n) is 16.1. The number of ether oxygens (including phenoxy) is 1. The van der Waals surface area contributed by atoms with Crippen molar-refractivity contribution in [3.05, 3.63) is 107 Å². The highest BCUT2D eigenvalue weighted by atomic mass is 16.5. The summed E-state index contributed by atoms with van der Waals surface area (Å²) in [6.45, 7) is 20.6. The van der Waals surface area contributed by atoms with Gasteiger partial charge in [-0.25, -0.2) is 0 Å². The molecule has 0 amide bonds. The summed E-state index contributed by atoms with van der Waals surface area (Å²) in [4.78, 5) is 12.9. The van der Waals surface area contributed by atoms with Crippen LogP contribution in [-0.2, 0) is 9.53 Å². The molecule has 5 unspecified atom stereocenters. The fourth-order valence-electron chi connectivity index (χ4n) is 7.24. The van der Waals surface area contributed by atoms with Crippen molar-refractivity contribution >= 4 is 5.78 Å². The fourth-order valence-corrected chi connectivity index (χ4v) is 7.24. The number of aliphatic hydroxyl groups excluding tert-OH is 1. The second kappa shape index (κ2) is 13.7. The van der Waals surface area contributed by atoms with Crippen LogP contribution in [0.3, 0.4) is 0 Å². The lowest BCUT2D eigenvalue weighted by Gasteiger charge is -2.46. The lowest BCUT2D eigenvalue weighted by atomic mass is 9.61. The van der Waals surface area contributed by atoms with Crippen LogP contribution < -0.4 is 0 Å². The van der Waals surface area contributed by atoms with Crippen molar-refractivity contribution in [3.63, 3.8) is 0 Å². The summed E-state index contributed by atoms with van der Waals surface area (Å²) in [7, 11) is 0. The first kappa shape index (κ1) is 35.7. The van der Waals surface area contributed by atoms with E-state index in [1.807, 2.05) is 63.3 Å². The number of rotatable bonds is 11. The summed E-state index contributed by atoms with van der Waals surface area (Å²) < 4.78 is 6.30. The molecule has 3 fully saturated rings. The second-order valence-corrected chi connectivity index (χ2v) is 15.1. The van der Waals surface area contributed by atoms with E-state index in [0.29, 0.717) is 19.3 Å². The van der Waals surface area contributed by atoms with Gasteiger partial charge in [0.05, 0.1) is 17.8 Å². The predicted molar refractivity (Wildman–Crippen MR) is 184 cm³/mol. The van der Waals surface area contributed by atoms with E-state index in [1.165, 1.54) is 0 Å². The molecule has 1 saturated carbocycles. The van der Waals surface area contributed by atoms with Crippen LogP contribution in [-0.4, -0.2) is 39.4 Å². The number of hydrogen-bond acceptors (Lipinski definition) is 4. The third-order valence-corrected chi connectivity index (χ3v) is 10.3. The zero-order valence-corrected chi connectivity index (χ0v) is 28.8. The summed E-state index contributed by atoms with van der Waals surface area (Å²) in [6.07, 6.45) is 30.7.